The van der Waals surface area contributed by atoms with Gasteiger partial charge in [-0.25, -0.2) is 0 Å². The zero-order valence-electron chi connectivity index (χ0n) is 17.0. The molecule has 1 N–H and O–H groups in total. The Morgan fingerprint density at radius 2 is 1.79 bits per heavy atom. The number of amides is 2. The first-order chi connectivity index (χ1) is 13.2. The number of benzene rings is 2. The van der Waals surface area contributed by atoms with Gasteiger partial charge in [-0.1, -0.05) is 29.8 Å². The van der Waals surface area contributed by atoms with Crippen LogP contribution in [0.25, 0.3) is 0 Å². The van der Waals surface area contributed by atoms with Crippen molar-refractivity contribution in [3.05, 3.63) is 63.7 Å². The second-order valence-corrected chi connectivity index (χ2v) is 7.37. The number of halogens is 1. The molecule has 0 aliphatic heterocycles. The number of carbonyl (C=O) groups is 2. The van der Waals surface area contributed by atoms with Crippen molar-refractivity contribution < 1.29 is 14.3 Å². The molecular formula is C22H27ClN2O3. The van der Waals surface area contributed by atoms with Gasteiger partial charge in [-0.2, -0.15) is 0 Å². The van der Waals surface area contributed by atoms with Crippen molar-refractivity contribution in [2.75, 3.05) is 13.7 Å². The standard InChI is InChI=1S/C22H27ClN2O3/c1-14-10-15(2)16(3)20(11-14)28-13-21(26)25(17(4)22(27)24-5)12-18-6-8-19(23)9-7-18/h6-11,17H,12-13H2,1-5H3,(H,24,27). The Bertz CT molecular complexity index is 850. The quantitative estimate of drug-likeness (QED) is 0.766. The molecule has 6 heteroatoms. The van der Waals surface area contributed by atoms with Crippen LogP contribution in [0.3, 0.4) is 0 Å². The van der Waals surface area contributed by atoms with Crippen LogP contribution in [0.15, 0.2) is 36.4 Å². The van der Waals surface area contributed by atoms with Gasteiger partial charge in [0.15, 0.2) is 6.61 Å². The summed E-state index contributed by atoms with van der Waals surface area (Å²) in [5.74, 6) is 0.194. The maximum Gasteiger partial charge on any atom is 0.261 e. The van der Waals surface area contributed by atoms with Gasteiger partial charge in [-0.05, 0) is 68.1 Å². The molecule has 2 rings (SSSR count). The van der Waals surface area contributed by atoms with Crippen molar-refractivity contribution in [1.29, 1.82) is 0 Å². The van der Waals surface area contributed by atoms with Crippen LogP contribution in [0.2, 0.25) is 5.02 Å². The van der Waals surface area contributed by atoms with Crippen molar-refractivity contribution in [2.24, 2.45) is 0 Å². The van der Waals surface area contributed by atoms with Crippen molar-refractivity contribution in [2.45, 2.75) is 40.3 Å². The van der Waals surface area contributed by atoms with E-state index in [9.17, 15) is 9.59 Å². The van der Waals surface area contributed by atoms with E-state index in [1.165, 1.54) is 4.90 Å². The van der Waals surface area contributed by atoms with Gasteiger partial charge in [0.25, 0.3) is 5.91 Å². The molecule has 2 aromatic rings. The molecular weight excluding hydrogens is 376 g/mol. The van der Waals surface area contributed by atoms with E-state index in [-0.39, 0.29) is 18.4 Å². The largest absolute Gasteiger partial charge is 0.483 e. The zero-order valence-corrected chi connectivity index (χ0v) is 17.8. The minimum Gasteiger partial charge on any atom is -0.483 e. The minimum absolute atomic E-state index is 0.140. The van der Waals surface area contributed by atoms with Crippen LogP contribution < -0.4 is 10.1 Å². The van der Waals surface area contributed by atoms with E-state index in [4.69, 9.17) is 16.3 Å². The predicted octanol–water partition coefficient (Wildman–Crippen LogP) is 3.81. The van der Waals surface area contributed by atoms with Crippen molar-refractivity contribution in [3.8, 4) is 5.75 Å². The van der Waals surface area contributed by atoms with E-state index >= 15 is 0 Å². The average molecular weight is 403 g/mol. The minimum atomic E-state index is -0.628. The van der Waals surface area contributed by atoms with Crippen LogP contribution in [0, 0.1) is 20.8 Å². The number of ether oxygens (including phenoxy) is 1. The topological polar surface area (TPSA) is 58.6 Å². The highest BCUT2D eigenvalue weighted by molar-refractivity contribution is 6.30. The Hall–Kier alpha value is -2.53. The van der Waals surface area contributed by atoms with Crippen LogP contribution in [0.5, 0.6) is 5.75 Å². The number of likely N-dealkylation sites (N-methyl/N-ethyl adjacent to an activating group) is 1. The summed E-state index contributed by atoms with van der Waals surface area (Å²) in [6.07, 6.45) is 0. The van der Waals surface area contributed by atoms with E-state index in [2.05, 4.69) is 11.4 Å². The summed E-state index contributed by atoms with van der Waals surface area (Å²) >= 11 is 5.94. The summed E-state index contributed by atoms with van der Waals surface area (Å²) in [6, 6.07) is 10.6. The first-order valence-corrected chi connectivity index (χ1v) is 9.57. The molecule has 0 spiro atoms. The molecule has 0 radical (unpaired) electrons. The molecule has 0 saturated carbocycles. The van der Waals surface area contributed by atoms with E-state index in [1.807, 2.05) is 39.0 Å². The normalized spacial score (nSPS) is 11.6. The maximum atomic E-state index is 12.9. The van der Waals surface area contributed by atoms with Gasteiger partial charge in [0.1, 0.15) is 11.8 Å². The van der Waals surface area contributed by atoms with Gasteiger partial charge < -0.3 is 15.0 Å². The summed E-state index contributed by atoms with van der Waals surface area (Å²) in [7, 11) is 1.55. The number of nitrogens with zero attached hydrogens (tertiary/aromatic N) is 1. The Morgan fingerprint density at radius 1 is 1.14 bits per heavy atom. The molecule has 0 heterocycles. The molecule has 0 saturated heterocycles. The smallest absolute Gasteiger partial charge is 0.261 e. The van der Waals surface area contributed by atoms with Gasteiger partial charge in [-0.3, -0.25) is 9.59 Å². The number of nitrogens with one attached hydrogen (secondary N) is 1. The zero-order chi connectivity index (χ0) is 20.8. The molecule has 0 aromatic heterocycles. The second-order valence-electron chi connectivity index (χ2n) is 6.93. The lowest BCUT2D eigenvalue weighted by atomic mass is 10.1. The molecule has 1 atom stereocenters. The third kappa shape index (κ3) is 5.49. The van der Waals surface area contributed by atoms with Gasteiger partial charge in [0.2, 0.25) is 5.91 Å². The highest BCUT2D eigenvalue weighted by atomic mass is 35.5. The van der Waals surface area contributed by atoms with Gasteiger partial charge in [0.05, 0.1) is 0 Å². The molecule has 5 nitrogen and oxygen atoms in total. The SMILES string of the molecule is CNC(=O)C(C)N(Cc1ccc(Cl)cc1)C(=O)COc1cc(C)cc(C)c1C. The molecule has 2 aromatic carbocycles. The first kappa shape index (κ1) is 21.8. The Kier molecular flexibility index (Phi) is 7.46. The molecule has 150 valence electrons. The first-order valence-electron chi connectivity index (χ1n) is 9.19. The highest BCUT2D eigenvalue weighted by Crippen LogP contribution is 2.23. The summed E-state index contributed by atoms with van der Waals surface area (Å²) in [5.41, 5.74) is 4.07. The fourth-order valence-electron chi connectivity index (χ4n) is 2.95. The van der Waals surface area contributed by atoms with E-state index in [1.54, 1.807) is 26.1 Å². The molecule has 0 bridgehead atoms. The fraction of sp³-hybridized carbons (Fsp3) is 0.364. The molecule has 28 heavy (non-hydrogen) atoms. The Morgan fingerprint density at radius 3 is 2.39 bits per heavy atom. The monoisotopic (exact) mass is 402 g/mol. The average Bonchev–Trinajstić information content (AvgIpc) is 2.67. The lowest BCUT2D eigenvalue weighted by Gasteiger charge is -2.28. The molecule has 0 aliphatic carbocycles. The third-order valence-corrected chi connectivity index (χ3v) is 5.05. The summed E-state index contributed by atoms with van der Waals surface area (Å²) in [5, 5.41) is 3.22. The number of hydrogen-bond donors (Lipinski definition) is 1. The van der Waals surface area contributed by atoms with E-state index < -0.39 is 6.04 Å². The predicted molar refractivity (Wildman–Crippen MR) is 112 cm³/mol. The highest BCUT2D eigenvalue weighted by Gasteiger charge is 2.26. The summed E-state index contributed by atoms with van der Waals surface area (Å²) in [4.78, 5) is 26.6. The number of rotatable bonds is 7. The van der Waals surface area contributed by atoms with Crippen molar-refractivity contribution >= 4 is 23.4 Å². The Labute approximate surface area is 171 Å². The van der Waals surface area contributed by atoms with E-state index in [0.717, 1.165) is 22.3 Å². The van der Waals surface area contributed by atoms with Crippen LogP contribution in [0.4, 0.5) is 0 Å². The van der Waals surface area contributed by atoms with Crippen LogP contribution in [0.1, 0.15) is 29.2 Å². The molecule has 0 fully saturated rings. The van der Waals surface area contributed by atoms with Gasteiger partial charge in [-0.15, -0.1) is 0 Å². The van der Waals surface area contributed by atoms with Crippen LogP contribution >= 0.6 is 11.6 Å². The summed E-state index contributed by atoms with van der Waals surface area (Å²) < 4.78 is 5.82. The summed E-state index contributed by atoms with van der Waals surface area (Å²) in [6.45, 7) is 7.82. The molecule has 0 aliphatic rings. The van der Waals surface area contributed by atoms with Crippen molar-refractivity contribution in [1.82, 2.24) is 10.2 Å². The number of carbonyl (C=O) groups excluding carboxylic acids is 2. The number of aryl methyl sites for hydroxylation is 2. The van der Waals surface area contributed by atoms with Gasteiger partial charge >= 0.3 is 0 Å². The van der Waals surface area contributed by atoms with E-state index in [0.29, 0.717) is 17.3 Å². The Balaban J connectivity index is 2.18. The lowest BCUT2D eigenvalue weighted by molar-refractivity contribution is -0.142. The van der Waals surface area contributed by atoms with Gasteiger partial charge in [0, 0.05) is 18.6 Å². The third-order valence-electron chi connectivity index (χ3n) is 4.80. The molecule has 1 unspecified atom stereocenters. The lowest BCUT2D eigenvalue weighted by Crippen LogP contribution is -2.48. The van der Waals surface area contributed by atoms with Crippen molar-refractivity contribution in [3.63, 3.8) is 0 Å². The maximum absolute atomic E-state index is 12.9. The van der Waals surface area contributed by atoms with Crippen LogP contribution in [-0.2, 0) is 16.1 Å². The second kappa shape index (κ2) is 9.60. The number of hydrogen-bond acceptors (Lipinski definition) is 3. The fourth-order valence-corrected chi connectivity index (χ4v) is 3.08. The van der Waals surface area contributed by atoms with Crippen LogP contribution in [-0.4, -0.2) is 36.4 Å². The molecule has 2 amide bonds.